The number of nitrogens with one attached hydrogen (secondary N) is 1. The van der Waals surface area contributed by atoms with Gasteiger partial charge in [0.1, 0.15) is 6.54 Å². The summed E-state index contributed by atoms with van der Waals surface area (Å²) >= 11 is 1.51. The van der Waals surface area contributed by atoms with Crippen LogP contribution in [0.25, 0.3) is 11.1 Å². The number of nitrogens with zero attached hydrogens (tertiary/aromatic N) is 2. The van der Waals surface area contributed by atoms with Gasteiger partial charge in [-0.05, 0) is 34.7 Å². The molecule has 0 atom stereocenters. The Hall–Kier alpha value is -3.78. The van der Waals surface area contributed by atoms with Crippen LogP contribution in [0, 0.1) is 0 Å². The van der Waals surface area contributed by atoms with E-state index >= 15 is 0 Å². The lowest BCUT2D eigenvalue weighted by Crippen LogP contribution is -2.39. The number of amides is 5. The normalized spacial score (nSPS) is 13.7. The molecule has 1 aromatic heterocycles. The van der Waals surface area contributed by atoms with Crippen molar-refractivity contribution in [2.75, 3.05) is 18.4 Å². The van der Waals surface area contributed by atoms with Crippen LogP contribution < -0.4 is 5.32 Å². The molecule has 2 heterocycles. The van der Waals surface area contributed by atoms with Crippen molar-refractivity contribution in [1.29, 1.82) is 0 Å². The molecule has 0 aliphatic carbocycles. The molecule has 1 aliphatic rings. The number of hydrogen-bond donors (Lipinski definition) is 1. The van der Waals surface area contributed by atoms with Crippen LogP contribution in [0.2, 0.25) is 0 Å². The highest BCUT2D eigenvalue weighted by Crippen LogP contribution is 2.21. The molecule has 1 saturated heterocycles. The molecule has 0 radical (unpaired) electrons. The van der Waals surface area contributed by atoms with Crippen molar-refractivity contribution in [3.05, 3.63) is 77.0 Å². The van der Waals surface area contributed by atoms with Crippen molar-refractivity contribution in [2.45, 2.75) is 6.42 Å². The molecule has 4 rings (SSSR count). The van der Waals surface area contributed by atoms with Crippen LogP contribution in [0.1, 0.15) is 4.88 Å². The fourth-order valence-corrected chi connectivity index (χ4v) is 3.98. The summed E-state index contributed by atoms with van der Waals surface area (Å²) in [5, 5.41) is 4.56. The summed E-state index contributed by atoms with van der Waals surface area (Å²) < 4.78 is 0. The number of carbonyl (C=O) groups is 4. The maximum atomic E-state index is 12.5. The van der Waals surface area contributed by atoms with Crippen molar-refractivity contribution in [3.8, 4) is 11.1 Å². The molecule has 8 heteroatoms. The largest absolute Gasteiger partial charge is 0.334 e. The van der Waals surface area contributed by atoms with Crippen molar-refractivity contribution in [1.82, 2.24) is 9.80 Å². The first-order valence-electron chi connectivity index (χ1n) is 9.68. The van der Waals surface area contributed by atoms with E-state index in [4.69, 9.17) is 0 Å². The second-order valence-electron chi connectivity index (χ2n) is 6.95. The van der Waals surface area contributed by atoms with Gasteiger partial charge in [0.2, 0.25) is 5.91 Å². The van der Waals surface area contributed by atoms with Crippen LogP contribution in [-0.4, -0.2) is 46.6 Å². The third-order valence-corrected chi connectivity index (χ3v) is 5.81. The lowest BCUT2D eigenvalue weighted by atomic mass is 10.1. The predicted molar refractivity (Wildman–Crippen MR) is 117 cm³/mol. The fraction of sp³-hybridized carbons (Fsp3) is 0.130. The number of hydrogen-bond acceptors (Lipinski definition) is 5. The number of rotatable bonds is 7. The smallest absolute Gasteiger partial charge is 0.325 e. The average molecular weight is 433 g/mol. The second-order valence-corrected chi connectivity index (χ2v) is 7.98. The molecule has 7 nitrogen and oxygen atoms in total. The standard InChI is InChI=1S/C23H19N3O4S/c27-20(24-18-10-8-17(9-11-18)16-5-2-1-3-6-16)15-26-22(29)21(28)25(23(26)30)13-12-19-7-4-14-31-19/h1-11,14H,12-13,15H2,(H,24,27). The van der Waals surface area contributed by atoms with Crippen molar-refractivity contribution < 1.29 is 19.2 Å². The van der Waals surface area contributed by atoms with Crippen LogP contribution in [0.3, 0.4) is 0 Å². The Morgan fingerprint density at radius 1 is 0.806 bits per heavy atom. The van der Waals surface area contributed by atoms with Gasteiger partial charge in [0.15, 0.2) is 0 Å². The van der Waals surface area contributed by atoms with Gasteiger partial charge in [0, 0.05) is 23.5 Å². The summed E-state index contributed by atoms with van der Waals surface area (Å²) in [6.07, 6.45) is 0.468. The maximum absolute atomic E-state index is 12.5. The molecule has 0 bridgehead atoms. The summed E-state index contributed by atoms with van der Waals surface area (Å²) in [4.78, 5) is 51.9. The molecule has 1 fully saturated rings. The molecule has 1 aliphatic heterocycles. The van der Waals surface area contributed by atoms with Crippen molar-refractivity contribution >= 4 is 40.8 Å². The monoisotopic (exact) mass is 433 g/mol. The number of anilines is 1. The summed E-state index contributed by atoms with van der Waals surface area (Å²) in [6, 6.07) is 20.0. The van der Waals surface area contributed by atoms with E-state index in [9.17, 15) is 19.2 Å². The van der Waals surface area contributed by atoms with Crippen molar-refractivity contribution in [3.63, 3.8) is 0 Å². The Morgan fingerprint density at radius 2 is 1.48 bits per heavy atom. The van der Waals surface area contributed by atoms with Crippen LogP contribution in [-0.2, 0) is 20.8 Å². The molecule has 0 unspecified atom stereocenters. The number of benzene rings is 2. The van der Waals surface area contributed by atoms with E-state index in [0.29, 0.717) is 17.0 Å². The predicted octanol–water partition coefficient (Wildman–Crippen LogP) is 3.39. The second kappa shape index (κ2) is 8.93. The van der Waals surface area contributed by atoms with Gasteiger partial charge in [-0.1, -0.05) is 48.5 Å². The first-order valence-corrected chi connectivity index (χ1v) is 10.6. The molecule has 0 spiro atoms. The lowest BCUT2D eigenvalue weighted by molar-refractivity contribution is -0.143. The van der Waals surface area contributed by atoms with Gasteiger partial charge >= 0.3 is 17.8 Å². The summed E-state index contributed by atoms with van der Waals surface area (Å²) in [5.41, 5.74) is 2.58. The lowest BCUT2D eigenvalue weighted by Gasteiger charge is -2.15. The van der Waals surface area contributed by atoms with Crippen LogP contribution >= 0.6 is 11.3 Å². The Labute approximate surface area is 182 Å². The Balaban J connectivity index is 1.36. The van der Waals surface area contributed by atoms with E-state index in [1.54, 1.807) is 12.1 Å². The first kappa shape index (κ1) is 20.5. The summed E-state index contributed by atoms with van der Waals surface area (Å²) in [7, 11) is 0. The minimum absolute atomic E-state index is 0.100. The van der Waals surface area contributed by atoms with Crippen molar-refractivity contribution in [2.24, 2.45) is 0 Å². The SMILES string of the molecule is O=C(CN1C(=O)C(=O)N(CCc2cccs2)C1=O)Nc1ccc(-c2ccccc2)cc1. The minimum atomic E-state index is -0.981. The molecule has 3 aromatic rings. The highest BCUT2D eigenvalue weighted by molar-refractivity contribution is 7.09. The van der Waals surface area contributed by atoms with E-state index in [2.05, 4.69) is 5.32 Å². The van der Waals surface area contributed by atoms with E-state index in [1.807, 2.05) is 60.0 Å². The molecule has 0 saturated carbocycles. The van der Waals surface area contributed by atoms with Gasteiger partial charge in [0.25, 0.3) is 0 Å². The highest BCUT2D eigenvalue weighted by atomic mass is 32.1. The van der Waals surface area contributed by atoms with Gasteiger partial charge in [0.05, 0.1) is 0 Å². The van der Waals surface area contributed by atoms with Crippen LogP contribution in [0.4, 0.5) is 10.5 Å². The summed E-state index contributed by atoms with van der Waals surface area (Å²) in [6.45, 7) is -0.414. The quantitative estimate of drug-likeness (QED) is 0.457. The number of thiophene rings is 1. The highest BCUT2D eigenvalue weighted by Gasteiger charge is 2.44. The van der Waals surface area contributed by atoms with Crippen LogP contribution in [0.5, 0.6) is 0 Å². The zero-order valence-corrected chi connectivity index (χ0v) is 17.3. The summed E-state index contributed by atoms with van der Waals surface area (Å²) in [5.74, 6) is -2.44. The van der Waals surface area contributed by atoms with Gasteiger partial charge in [-0.15, -0.1) is 11.3 Å². The topological polar surface area (TPSA) is 86.8 Å². The minimum Gasteiger partial charge on any atom is -0.325 e. The van der Waals surface area contributed by atoms with E-state index in [0.717, 1.165) is 20.9 Å². The van der Waals surface area contributed by atoms with E-state index in [1.165, 1.54) is 11.3 Å². The zero-order valence-electron chi connectivity index (χ0n) is 16.5. The molecule has 156 valence electrons. The zero-order chi connectivity index (χ0) is 21.8. The molecular formula is C23H19N3O4S. The fourth-order valence-electron chi connectivity index (χ4n) is 3.28. The van der Waals surface area contributed by atoms with Gasteiger partial charge in [-0.25, -0.2) is 9.69 Å². The molecule has 31 heavy (non-hydrogen) atoms. The average Bonchev–Trinajstić information content (AvgIpc) is 3.37. The van der Waals surface area contributed by atoms with Crippen LogP contribution in [0.15, 0.2) is 72.1 Å². The van der Waals surface area contributed by atoms with Gasteiger partial charge < -0.3 is 5.32 Å². The van der Waals surface area contributed by atoms with Gasteiger partial charge in [-0.2, -0.15) is 0 Å². The maximum Gasteiger partial charge on any atom is 0.334 e. The number of imide groups is 2. The molecule has 5 amide bonds. The van der Waals surface area contributed by atoms with E-state index in [-0.39, 0.29) is 6.54 Å². The molecule has 1 N–H and O–H groups in total. The molecule has 2 aromatic carbocycles. The Bertz CT molecular complexity index is 1110. The molecular weight excluding hydrogens is 414 g/mol. The van der Waals surface area contributed by atoms with Gasteiger partial charge in [-0.3, -0.25) is 19.3 Å². The van der Waals surface area contributed by atoms with E-state index < -0.39 is 30.3 Å². The Morgan fingerprint density at radius 3 is 2.16 bits per heavy atom. The third kappa shape index (κ3) is 4.54. The Kier molecular flexibility index (Phi) is 5.90. The third-order valence-electron chi connectivity index (χ3n) is 4.87. The number of carbonyl (C=O) groups excluding carboxylic acids is 4. The number of urea groups is 1. The first-order chi connectivity index (χ1) is 15.0.